The van der Waals surface area contributed by atoms with E-state index in [1.54, 1.807) is 12.7 Å². The van der Waals surface area contributed by atoms with Crippen molar-refractivity contribution in [3.8, 4) is 16.8 Å². The van der Waals surface area contributed by atoms with Crippen LogP contribution in [0.3, 0.4) is 0 Å². The lowest BCUT2D eigenvalue weighted by Crippen LogP contribution is -2.35. The summed E-state index contributed by atoms with van der Waals surface area (Å²) in [5.74, 6) is 0.918. The molecule has 5 rings (SSSR count). The number of nitrogens with one attached hydrogen (secondary N) is 3. The molecule has 1 fully saturated rings. The van der Waals surface area contributed by atoms with Crippen molar-refractivity contribution in [3.05, 3.63) is 55.2 Å². The van der Waals surface area contributed by atoms with Crippen molar-refractivity contribution in [2.45, 2.75) is 18.9 Å². The van der Waals surface area contributed by atoms with Crippen molar-refractivity contribution in [2.75, 3.05) is 18.4 Å². The van der Waals surface area contributed by atoms with Crippen molar-refractivity contribution in [1.29, 1.82) is 0 Å². The number of benzene rings is 1. The van der Waals surface area contributed by atoms with Crippen molar-refractivity contribution >= 4 is 16.9 Å². The van der Waals surface area contributed by atoms with E-state index >= 15 is 0 Å². The Morgan fingerprint density at radius 3 is 2.74 bits per heavy atom. The Bertz CT molecular complexity index is 1050. The lowest BCUT2D eigenvalue weighted by atomic mass is 10.0. The van der Waals surface area contributed by atoms with Crippen LogP contribution in [0.5, 0.6) is 0 Å². The minimum absolute atomic E-state index is 0.461. The monoisotopic (exact) mass is 359 g/mol. The van der Waals surface area contributed by atoms with Crippen molar-refractivity contribution in [1.82, 2.24) is 30.0 Å². The Kier molecular flexibility index (Phi) is 4.06. The van der Waals surface area contributed by atoms with Gasteiger partial charge >= 0.3 is 0 Å². The Morgan fingerprint density at radius 1 is 1.04 bits per heavy atom. The van der Waals surface area contributed by atoms with E-state index in [0.717, 1.165) is 59.6 Å². The molecule has 1 aromatic carbocycles. The fraction of sp³-hybridized carbons (Fsp3) is 0.250. The minimum atomic E-state index is 0.461. The quantitative estimate of drug-likeness (QED) is 0.522. The normalized spacial score (nSPS) is 15.3. The molecule has 0 bridgehead atoms. The zero-order valence-electron chi connectivity index (χ0n) is 14.9. The summed E-state index contributed by atoms with van der Waals surface area (Å²) in [4.78, 5) is 8.04. The van der Waals surface area contributed by atoms with Crippen molar-refractivity contribution < 1.29 is 0 Å². The molecule has 0 atom stereocenters. The molecule has 4 aromatic rings. The van der Waals surface area contributed by atoms with Crippen LogP contribution in [0.2, 0.25) is 0 Å². The highest BCUT2D eigenvalue weighted by Crippen LogP contribution is 2.31. The van der Waals surface area contributed by atoms with Gasteiger partial charge in [0.1, 0.15) is 24.1 Å². The van der Waals surface area contributed by atoms with Gasteiger partial charge in [-0.2, -0.15) is 0 Å². The van der Waals surface area contributed by atoms with Gasteiger partial charge in [0.15, 0.2) is 0 Å². The van der Waals surface area contributed by atoms with Crippen LogP contribution in [0.15, 0.2) is 55.2 Å². The van der Waals surface area contributed by atoms with Gasteiger partial charge in [-0.3, -0.25) is 4.57 Å². The molecule has 27 heavy (non-hydrogen) atoms. The molecule has 3 N–H and O–H groups in total. The van der Waals surface area contributed by atoms with Gasteiger partial charge in [0.05, 0.1) is 0 Å². The number of fused-ring (bicyclic) bond motifs is 1. The molecule has 136 valence electrons. The maximum Gasteiger partial charge on any atom is 0.140 e. The smallest absolute Gasteiger partial charge is 0.140 e. The summed E-state index contributed by atoms with van der Waals surface area (Å²) >= 11 is 0. The lowest BCUT2D eigenvalue weighted by Gasteiger charge is -2.24. The van der Waals surface area contributed by atoms with Crippen molar-refractivity contribution in [2.24, 2.45) is 0 Å². The molecule has 4 heterocycles. The summed E-state index contributed by atoms with van der Waals surface area (Å²) in [6.07, 6.45) is 7.59. The van der Waals surface area contributed by atoms with E-state index in [4.69, 9.17) is 4.98 Å². The number of hydrogen-bond donors (Lipinski definition) is 3. The highest BCUT2D eigenvalue weighted by Gasteiger charge is 2.15. The molecular weight excluding hydrogens is 338 g/mol. The first kappa shape index (κ1) is 16.0. The van der Waals surface area contributed by atoms with Gasteiger partial charge in [-0.1, -0.05) is 12.1 Å². The van der Waals surface area contributed by atoms with Gasteiger partial charge in [-0.15, -0.1) is 10.2 Å². The Labute approximate surface area is 156 Å². The third-order valence-electron chi connectivity index (χ3n) is 5.09. The van der Waals surface area contributed by atoms with Crippen LogP contribution >= 0.6 is 0 Å². The average molecular weight is 359 g/mol. The van der Waals surface area contributed by atoms with Crippen LogP contribution in [0.1, 0.15) is 12.8 Å². The Balaban J connectivity index is 1.56. The predicted molar refractivity (Wildman–Crippen MR) is 106 cm³/mol. The summed E-state index contributed by atoms with van der Waals surface area (Å²) in [6, 6.07) is 13.1. The van der Waals surface area contributed by atoms with E-state index in [2.05, 4.69) is 62.2 Å². The van der Waals surface area contributed by atoms with Crippen LogP contribution in [0.4, 0.5) is 5.82 Å². The molecule has 0 radical (unpaired) electrons. The first-order chi connectivity index (χ1) is 13.4. The number of nitrogens with zero attached hydrogens (tertiary/aromatic N) is 4. The van der Waals surface area contributed by atoms with E-state index < -0.39 is 0 Å². The second-order valence-electron chi connectivity index (χ2n) is 6.88. The van der Waals surface area contributed by atoms with Crippen LogP contribution in [-0.4, -0.2) is 43.9 Å². The fourth-order valence-corrected chi connectivity index (χ4v) is 3.69. The largest absolute Gasteiger partial charge is 0.367 e. The third-order valence-corrected chi connectivity index (χ3v) is 5.09. The molecule has 7 nitrogen and oxygen atoms in total. The van der Waals surface area contributed by atoms with E-state index in [1.807, 2.05) is 10.8 Å². The average Bonchev–Trinajstić information content (AvgIpc) is 3.40. The summed E-state index contributed by atoms with van der Waals surface area (Å²) < 4.78 is 1.91. The second-order valence-corrected chi connectivity index (χ2v) is 6.88. The predicted octanol–water partition coefficient (Wildman–Crippen LogP) is 2.97. The summed E-state index contributed by atoms with van der Waals surface area (Å²) in [5, 5.41) is 15.9. The number of aromatic nitrogens is 5. The standard InChI is InChI=1S/C20H21N7/c1-2-14(10-16(3-1)27-12-23-24-13-27)18-11-19(25-15-4-7-21-8-5-15)26-20-17(18)6-9-22-20/h1-3,6,9-13,15,21H,4-5,7-8H2,(H2,22,25,26). The molecule has 3 aromatic heterocycles. The number of pyridine rings is 1. The lowest BCUT2D eigenvalue weighted by molar-refractivity contribution is 0.478. The maximum absolute atomic E-state index is 4.78. The summed E-state index contributed by atoms with van der Waals surface area (Å²) in [7, 11) is 0. The zero-order valence-corrected chi connectivity index (χ0v) is 14.9. The Morgan fingerprint density at radius 2 is 1.89 bits per heavy atom. The highest BCUT2D eigenvalue weighted by molar-refractivity contribution is 5.95. The molecule has 0 spiro atoms. The van der Waals surface area contributed by atoms with E-state index in [0.29, 0.717) is 6.04 Å². The number of piperidine rings is 1. The third kappa shape index (κ3) is 3.17. The van der Waals surface area contributed by atoms with Gasteiger partial charge in [-0.25, -0.2) is 4.98 Å². The van der Waals surface area contributed by atoms with Crippen LogP contribution in [0, 0.1) is 0 Å². The minimum Gasteiger partial charge on any atom is -0.367 e. The number of H-pyrrole nitrogens is 1. The number of anilines is 1. The molecule has 0 amide bonds. The Hall–Kier alpha value is -3.19. The second kappa shape index (κ2) is 6.85. The van der Waals surface area contributed by atoms with Crippen molar-refractivity contribution in [3.63, 3.8) is 0 Å². The van der Waals surface area contributed by atoms with Gasteiger partial charge in [0, 0.05) is 23.3 Å². The molecular formula is C20H21N7. The van der Waals surface area contributed by atoms with E-state index in [9.17, 15) is 0 Å². The summed E-state index contributed by atoms with van der Waals surface area (Å²) in [5.41, 5.74) is 4.23. The first-order valence-corrected chi connectivity index (χ1v) is 9.28. The van der Waals surface area contributed by atoms with Crippen LogP contribution in [-0.2, 0) is 0 Å². The van der Waals surface area contributed by atoms with Gasteiger partial charge in [0.2, 0.25) is 0 Å². The number of aromatic amines is 1. The highest BCUT2D eigenvalue weighted by atomic mass is 15.2. The van der Waals surface area contributed by atoms with Gasteiger partial charge in [0.25, 0.3) is 0 Å². The number of hydrogen-bond acceptors (Lipinski definition) is 5. The molecule has 1 saturated heterocycles. The SMILES string of the molecule is c1cc(-c2cc(NC3CCNCC3)nc3[nH]ccc23)cc(-n2cnnc2)c1. The molecule has 1 aliphatic heterocycles. The van der Waals surface area contributed by atoms with E-state index in [-0.39, 0.29) is 0 Å². The molecule has 1 aliphatic rings. The van der Waals surface area contributed by atoms with Crippen LogP contribution < -0.4 is 10.6 Å². The van der Waals surface area contributed by atoms with E-state index in [1.165, 1.54) is 0 Å². The van der Waals surface area contributed by atoms with Gasteiger partial charge in [-0.05, 0) is 61.3 Å². The van der Waals surface area contributed by atoms with Crippen LogP contribution in [0.25, 0.3) is 27.8 Å². The number of rotatable bonds is 4. The molecule has 0 saturated carbocycles. The maximum atomic E-state index is 4.78. The topological polar surface area (TPSA) is 83.5 Å². The fourth-order valence-electron chi connectivity index (χ4n) is 3.69. The summed E-state index contributed by atoms with van der Waals surface area (Å²) in [6.45, 7) is 2.10. The molecule has 7 heteroatoms. The van der Waals surface area contributed by atoms with Gasteiger partial charge < -0.3 is 15.6 Å². The zero-order chi connectivity index (χ0) is 18.1. The first-order valence-electron chi connectivity index (χ1n) is 9.28. The molecule has 0 aliphatic carbocycles. The molecule has 0 unspecified atom stereocenters.